The SMILES string of the molecule is O=C(Cn1cnc(S(=O)(=O)N2CCOCC2)c1)Nc1ccc(F)c(Cl)c1. The lowest BCUT2D eigenvalue weighted by Gasteiger charge is -2.24. The summed E-state index contributed by atoms with van der Waals surface area (Å²) >= 11 is 5.66. The molecule has 1 N–H and O–H groups in total. The molecule has 1 aliphatic rings. The summed E-state index contributed by atoms with van der Waals surface area (Å²) in [6.45, 7) is 1.05. The topological polar surface area (TPSA) is 93.5 Å². The van der Waals surface area contributed by atoms with E-state index >= 15 is 0 Å². The van der Waals surface area contributed by atoms with Crippen molar-refractivity contribution in [1.82, 2.24) is 13.9 Å². The van der Waals surface area contributed by atoms with Crippen molar-refractivity contribution in [3.8, 4) is 0 Å². The van der Waals surface area contributed by atoms with E-state index in [-0.39, 0.29) is 29.7 Å². The Bertz CT molecular complexity index is 912. The third-order valence-corrected chi connectivity index (χ3v) is 5.79. The fourth-order valence-corrected chi connectivity index (χ4v) is 3.94. The van der Waals surface area contributed by atoms with Crippen LogP contribution in [-0.2, 0) is 26.1 Å². The summed E-state index contributed by atoms with van der Waals surface area (Å²) in [6.07, 6.45) is 2.56. The lowest BCUT2D eigenvalue weighted by Crippen LogP contribution is -2.40. The molecule has 3 rings (SSSR count). The number of nitrogens with zero attached hydrogens (tertiary/aromatic N) is 3. The molecule has 1 aliphatic heterocycles. The number of aromatic nitrogens is 2. The van der Waals surface area contributed by atoms with Gasteiger partial charge >= 0.3 is 0 Å². The minimum absolute atomic E-state index is 0.107. The first-order chi connectivity index (χ1) is 12.4. The van der Waals surface area contributed by atoms with Crippen molar-refractivity contribution in [1.29, 1.82) is 0 Å². The minimum Gasteiger partial charge on any atom is -0.379 e. The molecular formula is C15H16ClFN4O4S. The highest BCUT2D eigenvalue weighted by atomic mass is 35.5. The molecule has 11 heteroatoms. The normalized spacial score (nSPS) is 15.8. The number of sulfonamides is 1. The van der Waals surface area contributed by atoms with Crippen molar-refractivity contribution < 1.29 is 22.3 Å². The molecule has 0 bridgehead atoms. The Morgan fingerprint density at radius 1 is 1.35 bits per heavy atom. The minimum atomic E-state index is -3.72. The third-order valence-electron chi connectivity index (χ3n) is 3.71. The van der Waals surface area contributed by atoms with Gasteiger partial charge in [-0.3, -0.25) is 4.79 Å². The maximum Gasteiger partial charge on any atom is 0.262 e. The number of nitrogens with one attached hydrogen (secondary N) is 1. The Hall–Kier alpha value is -2.01. The van der Waals surface area contributed by atoms with Crippen LogP contribution in [0.3, 0.4) is 0 Å². The van der Waals surface area contributed by atoms with E-state index in [0.717, 1.165) is 6.07 Å². The molecule has 0 aliphatic carbocycles. The largest absolute Gasteiger partial charge is 0.379 e. The number of imidazole rings is 1. The van der Waals surface area contributed by atoms with E-state index in [9.17, 15) is 17.6 Å². The Balaban J connectivity index is 1.65. The van der Waals surface area contributed by atoms with Gasteiger partial charge in [-0.2, -0.15) is 4.31 Å². The van der Waals surface area contributed by atoms with Crippen LogP contribution in [0.25, 0.3) is 0 Å². The molecule has 1 fully saturated rings. The van der Waals surface area contributed by atoms with E-state index in [2.05, 4.69) is 10.3 Å². The summed E-state index contributed by atoms with van der Waals surface area (Å²) in [5.74, 6) is -1.02. The van der Waals surface area contributed by atoms with Crippen LogP contribution >= 0.6 is 11.6 Å². The maximum absolute atomic E-state index is 13.1. The fraction of sp³-hybridized carbons (Fsp3) is 0.333. The van der Waals surface area contributed by atoms with Gasteiger partial charge in [0.2, 0.25) is 5.91 Å². The number of carbonyl (C=O) groups excluding carboxylic acids is 1. The van der Waals surface area contributed by atoms with E-state index in [4.69, 9.17) is 16.3 Å². The number of ether oxygens (including phenoxy) is 1. The Morgan fingerprint density at radius 3 is 2.77 bits per heavy atom. The summed E-state index contributed by atoms with van der Waals surface area (Å²) in [5.41, 5.74) is 0.336. The first-order valence-electron chi connectivity index (χ1n) is 7.71. The molecular weight excluding hydrogens is 387 g/mol. The van der Waals surface area contributed by atoms with E-state index in [0.29, 0.717) is 18.9 Å². The molecule has 0 spiro atoms. The average molecular weight is 403 g/mol. The third kappa shape index (κ3) is 4.21. The van der Waals surface area contributed by atoms with Crippen molar-refractivity contribution >= 4 is 33.2 Å². The Labute approximate surface area is 154 Å². The quantitative estimate of drug-likeness (QED) is 0.814. The zero-order valence-corrected chi connectivity index (χ0v) is 15.1. The number of hydrogen-bond acceptors (Lipinski definition) is 5. The number of hydrogen-bond donors (Lipinski definition) is 1. The second kappa shape index (κ2) is 7.70. The zero-order valence-electron chi connectivity index (χ0n) is 13.6. The number of anilines is 1. The van der Waals surface area contributed by atoms with Gasteiger partial charge in [-0.25, -0.2) is 17.8 Å². The molecule has 0 unspecified atom stereocenters. The number of morpholine rings is 1. The predicted molar refractivity (Wildman–Crippen MR) is 91.8 cm³/mol. The van der Waals surface area contributed by atoms with Gasteiger partial charge in [0.1, 0.15) is 12.4 Å². The standard InChI is InChI=1S/C15H16ClFN4O4S/c16-12-7-11(1-2-13(12)17)19-14(22)8-20-9-15(18-10-20)26(23,24)21-3-5-25-6-4-21/h1-2,7,9-10H,3-6,8H2,(H,19,22). The molecule has 1 saturated heterocycles. The van der Waals surface area contributed by atoms with E-state index in [1.807, 2.05) is 0 Å². The van der Waals surface area contributed by atoms with Crippen molar-refractivity contribution in [3.05, 3.63) is 41.6 Å². The van der Waals surface area contributed by atoms with Crippen molar-refractivity contribution in [2.45, 2.75) is 11.6 Å². The van der Waals surface area contributed by atoms with Gasteiger partial charge in [-0.15, -0.1) is 0 Å². The van der Waals surface area contributed by atoms with Crippen LogP contribution in [0.1, 0.15) is 0 Å². The van der Waals surface area contributed by atoms with Crippen LogP contribution < -0.4 is 5.32 Å². The first kappa shape index (κ1) is 18.8. The number of carbonyl (C=O) groups is 1. The summed E-state index contributed by atoms with van der Waals surface area (Å²) in [5, 5.41) is 2.32. The van der Waals surface area contributed by atoms with Crippen LogP contribution in [-0.4, -0.2) is 54.5 Å². The molecule has 8 nitrogen and oxygen atoms in total. The van der Waals surface area contributed by atoms with Gasteiger partial charge in [-0.05, 0) is 18.2 Å². The number of benzene rings is 1. The Kier molecular flexibility index (Phi) is 5.56. The van der Waals surface area contributed by atoms with Crippen LogP contribution in [0.15, 0.2) is 35.7 Å². The first-order valence-corrected chi connectivity index (χ1v) is 9.52. The highest BCUT2D eigenvalue weighted by Crippen LogP contribution is 2.19. The molecule has 0 radical (unpaired) electrons. The summed E-state index contributed by atoms with van der Waals surface area (Å²) in [6, 6.07) is 3.81. The molecule has 26 heavy (non-hydrogen) atoms. The second-order valence-corrected chi connectivity index (χ2v) is 7.87. The van der Waals surface area contributed by atoms with Crippen molar-refractivity contribution in [3.63, 3.8) is 0 Å². The number of halogens is 2. The summed E-state index contributed by atoms with van der Waals surface area (Å²) < 4.78 is 45.9. The predicted octanol–water partition coefficient (Wildman–Crippen LogP) is 1.34. The highest BCUT2D eigenvalue weighted by Gasteiger charge is 2.28. The maximum atomic E-state index is 13.1. The monoisotopic (exact) mass is 402 g/mol. The van der Waals surface area contributed by atoms with Crippen LogP contribution in [0.2, 0.25) is 5.02 Å². The summed E-state index contributed by atoms with van der Waals surface area (Å²) in [4.78, 5) is 16.0. The van der Waals surface area contributed by atoms with Gasteiger partial charge in [-0.1, -0.05) is 11.6 Å². The smallest absolute Gasteiger partial charge is 0.262 e. The van der Waals surface area contributed by atoms with Crippen LogP contribution in [0.5, 0.6) is 0 Å². The Morgan fingerprint density at radius 2 is 2.08 bits per heavy atom. The molecule has 0 saturated carbocycles. The summed E-state index contributed by atoms with van der Waals surface area (Å²) in [7, 11) is -3.72. The zero-order chi connectivity index (χ0) is 18.7. The average Bonchev–Trinajstić information content (AvgIpc) is 3.08. The van der Waals surface area contributed by atoms with Gasteiger partial charge in [0.25, 0.3) is 10.0 Å². The van der Waals surface area contributed by atoms with Crippen molar-refractivity contribution in [2.75, 3.05) is 31.6 Å². The van der Waals surface area contributed by atoms with Gasteiger partial charge in [0, 0.05) is 25.0 Å². The van der Waals surface area contributed by atoms with Crippen LogP contribution in [0.4, 0.5) is 10.1 Å². The number of amides is 1. The van der Waals surface area contributed by atoms with E-state index in [1.54, 1.807) is 0 Å². The van der Waals surface area contributed by atoms with Crippen molar-refractivity contribution in [2.24, 2.45) is 0 Å². The molecule has 140 valence electrons. The molecule has 1 amide bonds. The van der Waals surface area contributed by atoms with Gasteiger partial charge in [0.05, 0.1) is 24.6 Å². The molecule has 2 heterocycles. The van der Waals surface area contributed by atoms with Gasteiger partial charge in [0.15, 0.2) is 5.03 Å². The van der Waals surface area contributed by atoms with Crippen LogP contribution in [0, 0.1) is 5.82 Å². The van der Waals surface area contributed by atoms with E-state index in [1.165, 1.54) is 33.5 Å². The highest BCUT2D eigenvalue weighted by molar-refractivity contribution is 7.89. The second-order valence-electron chi connectivity index (χ2n) is 5.58. The van der Waals surface area contributed by atoms with Gasteiger partial charge < -0.3 is 14.6 Å². The molecule has 0 atom stereocenters. The lowest BCUT2D eigenvalue weighted by molar-refractivity contribution is -0.116. The molecule has 1 aromatic carbocycles. The number of rotatable bonds is 5. The molecule has 1 aromatic heterocycles. The van der Waals surface area contributed by atoms with E-state index < -0.39 is 21.7 Å². The lowest BCUT2D eigenvalue weighted by atomic mass is 10.3. The fourth-order valence-electron chi connectivity index (χ4n) is 2.42. The molecule has 2 aromatic rings.